The van der Waals surface area contributed by atoms with Crippen molar-refractivity contribution in [3.05, 3.63) is 77.8 Å². The topological polar surface area (TPSA) is 195 Å². The minimum absolute atomic E-state index is 0.130. The predicted octanol–water partition coefficient (Wildman–Crippen LogP) is 7.20. The summed E-state index contributed by atoms with van der Waals surface area (Å²) in [6.45, 7) is 31.5. The van der Waals surface area contributed by atoms with Gasteiger partial charge in [0.2, 0.25) is 11.8 Å². The van der Waals surface area contributed by atoms with Crippen LogP contribution in [0, 0.1) is 38.0 Å². The number of likely N-dealkylation sites (N-methyl/N-ethyl adjacent to an activating group) is 3. The quantitative estimate of drug-likeness (QED) is 0.238. The number of primary amides is 1. The number of likely N-dealkylation sites (tertiary alicyclic amines) is 1. The van der Waals surface area contributed by atoms with Crippen molar-refractivity contribution in [3.8, 4) is 6.07 Å². The Labute approximate surface area is 395 Å². The number of cyclic esters (lactones) is 1. The van der Waals surface area contributed by atoms with Crippen molar-refractivity contribution in [2.75, 3.05) is 87.6 Å². The van der Waals surface area contributed by atoms with Gasteiger partial charge >= 0.3 is 12.1 Å². The van der Waals surface area contributed by atoms with Gasteiger partial charge in [-0.15, -0.1) is 6.58 Å². The van der Waals surface area contributed by atoms with Gasteiger partial charge in [0.1, 0.15) is 12.4 Å². The van der Waals surface area contributed by atoms with Gasteiger partial charge in [0.15, 0.2) is 0 Å². The summed E-state index contributed by atoms with van der Waals surface area (Å²) < 4.78 is 16.5. The molecule has 1 aromatic heterocycles. The van der Waals surface area contributed by atoms with E-state index >= 15 is 0 Å². The lowest BCUT2D eigenvalue weighted by atomic mass is 10.1. The Kier molecular flexibility index (Phi) is 46.2. The molecule has 3 saturated heterocycles. The molecule has 17 heteroatoms. The first kappa shape index (κ1) is 71.0. The van der Waals surface area contributed by atoms with Crippen molar-refractivity contribution in [1.29, 1.82) is 5.26 Å². The smallest absolute Gasteiger partial charge is 0.409 e. The van der Waals surface area contributed by atoms with Gasteiger partial charge in [-0.3, -0.25) is 23.3 Å². The largest absolute Gasteiger partial charge is 0.448 e. The number of allylic oxidation sites excluding steroid dienone is 2. The highest BCUT2D eigenvalue weighted by molar-refractivity contribution is 7.98. The van der Waals surface area contributed by atoms with Crippen molar-refractivity contribution < 1.29 is 32.9 Å². The van der Waals surface area contributed by atoms with Gasteiger partial charge < -0.3 is 35.0 Å². The Morgan fingerprint density at radius 2 is 1.18 bits per heavy atom. The number of hydrogen-bond donors (Lipinski definition) is 1. The summed E-state index contributed by atoms with van der Waals surface area (Å²) in [5.41, 5.74) is 10.7. The molecule has 4 heterocycles. The summed E-state index contributed by atoms with van der Waals surface area (Å²) in [5, 5.41) is 11.3. The van der Waals surface area contributed by atoms with Crippen molar-refractivity contribution in [1.82, 2.24) is 34.3 Å². The molecule has 0 aliphatic carbocycles. The minimum Gasteiger partial charge on any atom is -0.448 e. The summed E-state index contributed by atoms with van der Waals surface area (Å²) in [6, 6.07) is 12.2. The predicted molar refractivity (Wildman–Crippen MR) is 273 cm³/mol. The number of carbonyl (C=O) groups is 5. The third-order valence-electron chi connectivity index (χ3n) is 7.77. The fourth-order valence-electron chi connectivity index (χ4n) is 3.14. The molecule has 0 unspecified atom stereocenters. The van der Waals surface area contributed by atoms with E-state index in [1.54, 1.807) is 58.3 Å². The van der Waals surface area contributed by atoms with E-state index in [0.717, 1.165) is 44.7 Å². The molecule has 3 fully saturated rings. The zero-order valence-electron chi connectivity index (χ0n) is 44.0. The molecule has 5 amide bonds. The van der Waals surface area contributed by atoms with Crippen LogP contribution in [0.25, 0.3) is 0 Å². The fourth-order valence-corrected chi connectivity index (χ4v) is 3.14. The number of nitrogens with zero attached hydrogens (tertiary/aromatic N) is 8. The number of carbonyl (C=O) groups excluding carboxylic acids is 5. The van der Waals surface area contributed by atoms with Crippen molar-refractivity contribution in [2.24, 2.45) is 18.7 Å². The maximum atomic E-state index is 10.8. The van der Waals surface area contributed by atoms with Gasteiger partial charge in [-0.05, 0) is 87.5 Å². The van der Waals surface area contributed by atoms with Gasteiger partial charge in [0.05, 0.1) is 12.6 Å². The van der Waals surface area contributed by atoms with Crippen molar-refractivity contribution in [2.45, 2.75) is 89.0 Å². The standard InChI is InChI=1S/C8H10.C5H10N2O.C5H8N2.C5H9NO.C5H11N.C5H10O.C4H7NO2.C4H8.C3H8OS.C2H5NO.C2H3N/c1-7-5-3-4-6-8(7)2;1-6-3-4-7(2)5(6)8;1-5-3-4-6-7(5)2;1-6-4-2-3-5(6)7;1-5(2)6(3)4;1-4(2)5(3)6;1-5-2-3-7-4(5)6;1-4(2)3;1-5(2,3)4;1-2(3)4;1-2-3/h3-6H,1-2H3;3-4H2,1-2H3;3-4H,1-2H3;2-4H2,1H3;1H2,2-4H3;4H,1-3H3;2-3H2,1H3;1H2,2-3H3;1H2,2-3H3;1H3,(H2,3,4);1H3. The van der Waals surface area contributed by atoms with Gasteiger partial charge in [-0.1, -0.05) is 50.3 Å². The first-order valence-corrected chi connectivity index (χ1v) is 23.5. The lowest BCUT2D eigenvalue weighted by molar-refractivity contribution is -0.126. The third-order valence-corrected chi connectivity index (χ3v) is 7.77. The molecule has 65 heavy (non-hydrogen) atoms. The Bertz CT molecular complexity index is 1680. The lowest BCUT2D eigenvalue weighted by Crippen LogP contribution is -2.25. The molecule has 3 aliphatic rings. The maximum Gasteiger partial charge on any atom is 0.409 e. The van der Waals surface area contributed by atoms with Gasteiger partial charge in [-0.25, -0.2) is 9.59 Å². The number of ketones is 1. The number of nitriles is 1. The van der Waals surface area contributed by atoms with Gasteiger partial charge in [0, 0.05) is 125 Å². The van der Waals surface area contributed by atoms with E-state index in [9.17, 15) is 28.2 Å². The molecular formula is C48H89N9O7S. The van der Waals surface area contributed by atoms with E-state index in [4.69, 9.17) is 5.26 Å². The Balaban J connectivity index is -0.000000149. The van der Waals surface area contributed by atoms with Crippen LogP contribution in [0.2, 0.25) is 0 Å². The minimum atomic E-state index is -1.67. The van der Waals surface area contributed by atoms with Crippen LogP contribution in [0.5, 0.6) is 0 Å². The highest BCUT2D eigenvalue weighted by Crippen LogP contribution is 2.05. The summed E-state index contributed by atoms with van der Waals surface area (Å²) in [4.78, 5) is 59.6. The molecule has 0 atom stereocenters. The number of aromatic nitrogens is 2. The highest BCUT2D eigenvalue weighted by atomic mass is 32.2. The molecule has 0 radical (unpaired) electrons. The number of Topliss-reactive ketones (excluding diaryl/α,β-unsaturated/α-hetero) is 1. The number of urea groups is 1. The lowest BCUT2D eigenvalue weighted by Gasteiger charge is -2.08. The van der Waals surface area contributed by atoms with Crippen LogP contribution in [0.15, 0.2) is 61.0 Å². The Hall–Kier alpha value is -5.63. The average molecular weight is 936 g/mol. The van der Waals surface area contributed by atoms with E-state index in [0.29, 0.717) is 12.5 Å². The monoisotopic (exact) mass is 936 g/mol. The molecule has 16 nitrogen and oxygen atoms in total. The molecule has 0 spiro atoms. The van der Waals surface area contributed by atoms with Crippen LogP contribution in [0.1, 0.15) is 85.1 Å². The average Bonchev–Trinajstić information content (AvgIpc) is 3.93. The SMILES string of the molecule is C=C(C)C.C=C(C)N(C)C.C=S(C)(C)=O.CC#N.CC(=O)C(C)C.CC(N)=O.CN1CCCC1=O.CN1CCN(C)C1=O.CN1CCOC1=O.Cc1ccccc1C.Cc1ccnn1C. The molecule has 374 valence electrons. The number of benzene rings is 1. The van der Waals surface area contributed by atoms with Crippen LogP contribution in [0.4, 0.5) is 9.59 Å². The first-order chi connectivity index (χ1) is 29.6. The number of amides is 5. The molecule has 3 aliphatic heterocycles. The van der Waals surface area contributed by atoms with Crippen LogP contribution in [-0.2, 0) is 35.7 Å². The van der Waals surface area contributed by atoms with E-state index in [2.05, 4.69) is 72.7 Å². The van der Waals surface area contributed by atoms with E-state index in [-0.39, 0.29) is 29.7 Å². The van der Waals surface area contributed by atoms with E-state index < -0.39 is 9.52 Å². The molecule has 0 saturated carbocycles. The number of nitrogens with two attached hydrogens (primary N) is 1. The normalized spacial score (nSPS) is 12.5. The number of hydrogen-bond acceptors (Lipinski definition) is 10. The Morgan fingerprint density at radius 3 is 1.28 bits per heavy atom. The van der Waals surface area contributed by atoms with Crippen LogP contribution in [-0.4, -0.2) is 162 Å². The van der Waals surface area contributed by atoms with E-state index in [1.807, 2.05) is 99.5 Å². The zero-order chi connectivity index (χ0) is 52.6. The number of aryl methyl sites for hydroxylation is 4. The molecule has 0 bridgehead atoms. The number of ether oxygens (including phenoxy) is 1. The highest BCUT2D eigenvalue weighted by Gasteiger charge is 2.20. The summed E-state index contributed by atoms with van der Waals surface area (Å²) in [7, 11) is 11.4. The fraction of sp³-hybridized carbons (Fsp3) is 0.583. The second-order valence-corrected chi connectivity index (χ2v) is 19.0. The second-order valence-electron chi connectivity index (χ2n) is 16.1. The molecule has 2 aromatic rings. The maximum absolute atomic E-state index is 10.8. The molecule has 2 N–H and O–H groups in total. The molecular weight excluding hydrogens is 847 g/mol. The molecule has 5 rings (SSSR count). The summed E-state index contributed by atoms with van der Waals surface area (Å²) in [5.74, 6) is 3.73. The third kappa shape index (κ3) is 58.4. The summed E-state index contributed by atoms with van der Waals surface area (Å²) >= 11 is 0. The number of rotatable bonds is 2. The first-order valence-electron chi connectivity index (χ1n) is 20.9. The van der Waals surface area contributed by atoms with E-state index in [1.165, 1.54) is 36.2 Å². The van der Waals surface area contributed by atoms with Crippen LogP contribution < -0.4 is 5.73 Å². The second kappa shape index (κ2) is 42.3. The van der Waals surface area contributed by atoms with Gasteiger partial charge in [0.25, 0.3) is 0 Å². The Morgan fingerprint density at radius 1 is 0.831 bits per heavy atom. The summed E-state index contributed by atoms with van der Waals surface area (Å²) in [6.07, 6.45) is 6.60. The van der Waals surface area contributed by atoms with Crippen molar-refractivity contribution in [3.63, 3.8) is 0 Å². The molecule has 1 aromatic carbocycles. The van der Waals surface area contributed by atoms with Crippen LogP contribution >= 0.6 is 0 Å². The van der Waals surface area contributed by atoms with Gasteiger partial charge in [-0.2, -0.15) is 10.4 Å². The van der Waals surface area contributed by atoms with Crippen molar-refractivity contribution >= 4 is 45.1 Å². The van der Waals surface area contributed by atoms with Crippen LogP contribution in [0.3, 0.4) is 0 Å². The zero-order valence-corrected chi connectivity index (χ0v) is 44.9.